The highest BCUT2D eigenvalue weighted by atomic mass is 14.9. The summed E-state index contributed by atoms with van der Waals surface area (Å²) >= 11 is 0. The highest BCUT2D eigenvalue weighted by Gasteiger charge is 2.28. The Labute approximate surface area is 132 Å². The first kappa shape index (κ1) is 18.2. The van der Waals surface area contributed by atoms with Crippen LogP contribution in [0.25, 0.3) is 0 Å². The molecule has 0 saturated heterocycles. The van der Waals surface area contributed by atoms with Gasteiger partial charge in [-0.25, -0.2) is 0 Å². The third kappa shape index (κ3) is 5.82. The number of nitrogens with one attached hydrogen (secondary N) is 1. The van der Waals surface area contributed by atoms with Gasteiger partial charge in [-0.15, -0.1) is 0 Å². The van der Waals surface area contributed by atoms with Gasteiger partial charge in [-0.05, 0) is 49.7 Å². The summed E-state index contributed by atoms with van der Waals surface area (Å²) in [5.74, 6) is 0. The highest BCUT2D eigenvalue weighted by Crippen LogP contribution is 2.34. The largest absolute Gasteiger partial charge is 0.314 e. The maximum Gasteiger partial charge on any atom is 0.00133 e. The van der Waals surface area contributed by atoms with Crippen LogP contribution in [0.5, 0.6) is 0 Å². The van der Waals surface area contributed by atoms with Crippen LogP contribution in [0.3, 0.4) is 0 Å². The van der Waals surface area contributed by atoms with Crippen LogP contribution >= 0.6 is 0 Å². The van der Waals surface area contributed by atoms with E-state index in [1.807, 2.05) is 0 Å². The molecule has 0 bridgehead atoms. The quantitative estimate of drug-likeness (QED) is 0.639. The lowest BCUT2D eigenvalue weighted by Crippen LogP contribution is -2.39. The first-order valence-electron chi connectivity index (χ1n) is 8.72. The van der Waals surface area contributed by atoms with Crippen molar-refractivity contribution in [2.45, 2.75) is 79.7 Å². The third-order valence-electron chi connectivity index (χ3n) is 4.77. The van der Waals surface area contributed by atoms with Crippen molar-refractivity contribution in [1.29, 1.82) is 0 Å². The molecule has 1 heteroatoms. The zero-order valence-electron chi connectivity index (χ0n) is 15.1. The average Bonchev–Trinajstić information content (AvgIpc) is 2.45. The van der Waals surface area contributed by atoms with E-state index >= 15 is 0 Å². The van der Waals surface area contributed by atoms with Crippen LogP contribution in [0.4, 0.5) is 0 Å². The Morgan fingerprint density at radius 3 is 2.43 bits per heavy atom. The molecule has 1 rings (SSSR count). The molecule has 1 nitrogen and oxygen atoms in total. The molecule has 120 valence electrons. The van der Waals surface area contributed by atoms with Crippen molar-refractivity contribution in [3.05, 3.63) is 34.9 Å². The fourth-order valence-corrected chi connectivity index (χ4v) is 3.03. The molecule has 0 amide bonds. The zero-order chi connectivity index (χ0) is 15.9. The molecule has 0 aromatic heterocycles. The van der Waals surface area contributed by atoms with Crippen LogP contribution in [0.1, 0.15) is 70.1 Å². The van der Waals surface area contributed by atoms with Crippen LogP contribution in [0, 0.1) is 19.3 Å². The fraction of sp³-hybridized carbons (Fsp3) is 0.700. The second-order valence-corrected chi connectivity index (χ2v) is 7.10. The smallest absolute Gasteiger partial charge is 0.00133 e. The molecule has 1 unspecified atom stereocenters. The number of benzene rings is 1. The van der Waals surface area contributed by atoms with Gasteiger partial charge in [0.05, 0.1) is 0 Å². The molecule has 1 aromatic carbocycles. The number of rotatable bonds is 9. The molecule has 0 fully saturated rings. The van der Waals surface area contributed by atoms with Gasteiger partial charge in [0.15, 0.2) is 0 Å². The second kappa shape index (κ2) is 8.58. The summed E-state index contributed by atoms with van der Waals surface area (Å²) in [6.07, 6.45) is 6.40. The summed E-state index contributed by atoms with van der Waals surface area (Å²) in [6.45, 7) is 14.8. The molecule has 21 heavy (non-hydrogen) atoms. The minimum Gasteiger partial charge on any atom is -0.314 e. The number of unbranched alkanes of at least 4 members (excludes halogenated alkanes) is 1. The Morgan fingerprint density at radius 2 is 1.86 bits per heavy atom. The fourth-order valence-electron chi connectivity index (χ4n) is 3.03. The van der Waals surface area contributed by atoms with Gasteiger partial charge in [-0.3, -0.25) is 0 Å². The van der Waals surface area contributed by atoms with Crippen LogP contribution < -0.4 is 5.32 Å². The molecule has 0 aliphatic rings. The van der Waals surface area contributed by atoms with E-state index in [-0.39, 0.29) is 0 Å². The summed E-state index contributed by atoms with van der Waals surface area (Å²) in [5, 5.41) is 3.70. The normalized spacial score (nSPS) is 14.4. The van der Waals surface area contributed by atoms with Crippen molar-refractivity contribution in [2.75, 3.05) is 6.54 Å². The van der Waals surface area contributed by atoms with E-state index in [4.69, 9.17) is 0 Å². The molecule has 1 atom stereocenters. The predicted molar refractivity (Wildman–Crippen MR) is 95.0 cm³/mol. The molecular formula is C20H35N. The van der Waals surface area contributed by atoms with Gasteiger partial charge in [-0.1, -0.05) is 64.3 Å². The van der Waals surface area contributed by atoms with E-state index in [1.165, 1.54) is 43.2 Å². The minimum atomic E-state index is 0.402. The van der Waals surface area contributed by atoms with Crippen LogP contribution in [0.2, 0.25) is 0 Å². The monoisotopic (exact) mass is 289 g/mol. The molecule has 0 aliphatic heterocycles. The number of hydrogen-bond donors (Lipinski definition) is 1. The van der Waals surface area contributed by atoms with Gasteiger partial charge < -0.3 is 5.32 Å². The second-order valence-electron chi connectivity index (χ2n) is 7.10. The highest BCUT2D eigenvalue weighted by molar-refractivity contribution is 5.31. The maximum absolute atomic E-state index is 3.70. The molecule has 0 radical (unpaired) electrons. The van der Waals surface area contributed by atoms with E-state index in [2.05, 4.69) is 65.1 Å². The van der Waals surface area contributed by atoms with Gasteiger partial charge in [0, 0.05) is 12.6 Å². The third-order valence-corrected chi connectivity index (χ3v) is 4.77. The predicted octanol–water partition coefficient (Wildman–Crippen LogP) is 5.43. The van der Waals surface area contributed by atoms with Crippen molar-refractivity contribution in [3.8, 4) is 0 Å². The molecular weight excluding hydrogens is 254 g/mol. The van der Waals surface area contributed by atoms with Crippen molar-refractivity contribution in [1.82, 2.24) is 5.32 Å². The Morgan fingerprint density at radius 1 is 1.14 bits per heavy atom. The first-order chi connectivity index (χ1) is 9.92. The van der Waals surface area contributed by atoms with Gasteiger partial charge in [0.1, 0.15) is 0 Å². The van der Waals surface area contributed by atoms with Crippen LogP contribution in [-0.4, -0.2) is 12.6 Å². The Bertz CT molecular complexity index is 422. The standard InChI is InChI=1S/C20H35N/c1-7-9-12-20(8-2,15-21-16(3)4)14-19-13-17(5)10-11-18(19)6/h10-11,13,16,21H,7-9,12,14-15H2,1-6H3. The van der Waals surface area contributed by atoms with Gasteiger partial charge in [0.2, 0.25) is 0 Å². The summed E-state index contributed by atoms with van der Waals surface area (Å²) < 4.78 is 0. The van der Waals surface area contributed by atoms with Crippen molar-refractivity contribution in [2.24, 2.45) is 5.41 Å². The van der Waals surface area contributed by atoms with E-state index in [0.29, 0.717) is 11.5 Å². The van der Waals surface area contributed by atoms with E-state index in [9.17, 15) is 0 Å². The SMILES string of the molecule is CCCCC(CC)(CNC(C)C)Cc1cc(C)ccc1C. The summed E-state index contributed by atoms with van der Waals surface area (Å²) in [4.78, 5) is 0. The summed E-state index contributed by atoms with van der Waals surface area (Å²) in [6, 6.07) is 7.46. The van der Waals surface area contributed by atoms with E-state index in [1.54, 1.807) is 5.56 Å². The molecule has 0 aliphatic carbocycles. The topological polar surface area (TPSA) is 12.0 Å². The summed E-state index contributed by atoms with van der Waals surface area (Å²) in [5.41, 5.74) is 4.77. The summed E-state index contributed by atoms with van der Waals surface area (Å²) in [7, 11) is 0. The molecule has 0 spiro atoms. The van der Waals surface area contributed by atoms with E-state index < -0.39 is 0 Å². The van der Waals surface area contributed by atoms with Crippen molar-refractivity contribution < 1.29 is 0 Å². The van der Waals surface area contributed by atoms with E-state index in [0.717, 1.165) is 6.54 Å². The molecule has 1 N–H and O–H groups in total. The first-order valence-corrected chi connectivity index (χ1v) is 8.72. The lowest BCUT2D eigenvalue weighted by Gasteiger charge is -2.35. The van der Waals surface area contributed by atoms with Crippen LogP contribution in [-0.2, 0) is 6.42 Å². The minimum absolute atomic E-state index is 0.402. The van der Waals surface area contributed by atoms with Gasteiger partial charge >= 0.3 is 0 Å². The molecule has 1 aromatic rings. The average molecular weight is 290 g/mol. The van der Waals surface area contributed by atoms with Crippen molar-refractivity contribution >= 4 is 0 Å². The zero-order valence-corrected chi connectivity index (χ0v) is 15.1. The lowest BCUT2D eigenvalue weighted by atomic mass is 9.74. The van der Waals surface area contributed by atoms with Gasteiger partial charge in [-0.2, -0.15) is 0 Å². The number of aryl methyl sites for hydroxylation is 2. The Kier molecular flexibility index (Phi) is 7.45. The lowest BCUT2D eigenvalue weighted by molar-refractivity contribution is 0.222. The molecule has 0 heterocycles. The van der Waals surface area contributed by atoms with Crippen molar-refractivity contribution in [3.63, 3.8) is 0 Å². The van der Waals surface area contributed by atoms with Gasteiger partial charge in [0.25, 0.3) is 0 Å². The van der Waals surface area contributed by atoms with Crippen LogP contribution in [0.15, 0.2) is 18.2 Å². The Hall–Kier alpha value is -0.820. The molecule has 0 saturated carbocycles. The number of hydrogen-bond acceptors (Lipinski definition) is 1. The maximum atomic E-state index is 3.70. The Balaban J connectivity index is 2.95.